The number of amides is 2. The number of pyridine rings is 2. The van der Waals surface area contributed by atoms with E-state index < -0.39 is 0 Å². The number of carbonyl (C=O) groups is 1. The average Bonchev–Trinajstić information content (AvgIpc) is 2.78. The van der Waals surface area contributed by atoms with Gasteiger partial charge in [-0.3, -0.25) is 4.98 Å². The van der Waals surface area contributed by atoms with Crippen molar-refractivity contribution in [2.75, 3.05) is 18.4 Å². The summed E-state index contributed by atoms with van der Waals surface area (Å²) in [5.41, 5.74) is 4.22. The molecule has 1 aliphatic rings. The minimum Gasteiger partial charge on any atom is -0.439 e. The van der Waals surface area contributed by atoms with Crippen molar-refractivity contribution in [1.82, 2.24) is 14.9 Å². The fourth-order valence-electron chi connectivity index (χ4n) is 3.60. The quantitative estimate of drug-likeness (QED) is 0.609. The zero-order valence-corrected chi connectivity index (χ0v) is 17.8. The van der Waals surface area contributed by atoms with Gasteiger partial charge in [0.25, 0.3) is 0 Å². The largest absolute Gasteiger partial charge is 0.439 e. The van der Waals surface area contributed by atoms with Gasteiger partial charge in [-0.2, -0.15) is 0 Å². The standard InChI is InChI=1S/C25H26N4O2/c1-18-8-9-24(27-15-18)31-23-7-3-5-20(14-23)13-21-10-12-29(17-19(21)2)25(30)28-22-6-4-11-26-16-22/h3-9,11,13-16,19H,10,12,17H2,1-2H3,(H,28,30). The maximum absolute atomic E-state index is 12.6. The summed E-state index contributed by atoms with van der Waals surface area (Å²) in [4.78, 5) is 22.8. The van der Waals surface area contributed by atoms with Crippen molar-refractivity contribution in [1.29, 1.82) is 0 Å². The number of rotatable bonds is 4. The first kappa shape index (κ1) is 20.6. The van der Waals surface area contributed by atoms with E-state index >= 15 is 0 Å². The number of nitrogens with zero attached hydrogens (tertiary/aromatic N) is 3. The van der Waals surface area contributed by atoms with Crippen molar-refractivity contribution in [2.45, 2.75) is 20.3 Å². The molecule has 1 unspecified atom stereocenters. The second-order valence-electron chi connectivity index (χ2n) is 7.84. The smallest absolute Gasteiger partial charge is 0.321 e. The summed E-state index contributed by atoms with van der Waals surface area (Å²) in [7, 11) is 0. The minimum absolute atomic E-state index is 0.0834. The lowest BCUT2D eigenvalue weighted by atomic mass is 9.91. The van der Waals surface area contributed by atoms with Crippen LogP contribution in [0.4, 0.5) is 10.5 Å². The van der Waals surface area contributed by atoms with Gasteiger partial charge in [-0.05, 0) is 54.7 Å². The van der Waals surface area contributed by atoms with Crippen LogP contribution in [0.1, 0.15) is 24.5 Å². The van der Waals surface area contributed by atoms with Crippen LogP contribution < -0.4 is 10.1 Å². The lowest BCUT2D eigenvalue weighted by Gasteiger charge is -2.33. The van der Waals surface area contributed by atoms with Gasteiger partial charge in [0.15, 0.2) is 0 Å². The molecule has 0 bridgehead atoms. The van der Waals surface area contributed by atoms with Gasteiger partial charge in [0.05, 0.1) is 11.9 Å². The molecule has 2 aromatic heterocycles. The van der Waals surface area contributed by atoms with Crippen LogP contribution in [0.5, 0.6) is 11.6 Å². The van der Waals surface area contributed by atoms with Crippen molar-refractivity contribution in [3.63, 3.8) is 0 Å². The Balaban J connectivity index is 1.39. The Bertz CT molecular complexity index is 1060. The van der Waals surface area contributed by atoms with E-state index in [-0.39, 0.29) is 11.9 Å². The summed E-state index contributed by atoms with van der Waals surface area (Å²) < 4.78 is 5.89. The highest BCUT2D eigenvalue weighted by molar-refractivity contribution is 5.89. The van der Waals surface area contributed by atoms with Gasteiger partial charge >= 0.3 is 6.03 Å². The number of piperidine rings is 1. The van der Waals surface area contributed by atoms with Crippen LogP contribution in [0, 0.1) is 12.8 Å². The number of carbonyl (C=O) groups excluding carboxylic acids is 1. The predicted molar refractivity (Wildman–Crippen MR) is 122 cm³/mol. The molecule has 158 valence electrons. The van der Waals surface area contributed by atoms with Crippen LogP contribution >= 0.6 is 0 Å². The van der Waals surface area contributed by atoms with E-state index in [9.17, 15) is 4.79 Å². The Labute approximate surface area is 182 Å². The zero-order valence-electron chi connectivity index (χ0n) is 17.8. The third-order valence-corrected chi connectivity index (χ3v) is 5.31. The molecule has 3 aromatic rings. The predicted octanol–water partition coefficient (Wildman–Crippen LogP) is 5.53. The van der Waals surface area contributed by atoms with Crippen LogP contribution in [-0.4, -0.2) is 34.0 Å². The molecular formula is C25H26N4O2. The van der Waals surface area contributed by atoms with Gasteiger partial charge in [-0.25, -0.2) is 9.78 Å². The fraction of sp³-hybridized carbons (Fsp3) is 0.240. The molecule has 6 nitrogen and oxygen atoms in total. The van der Waals surface area contributed by atoms with Crippen molar-refractivity contribution in [3.05, 3.63) is 83.8 Å². The number of hydrogen-bond acceptors (Lipinski definition) is 4. The van der Waals surface area contributed by atoms with Crippen molar-refractivity contribution < 1.29 is 9.53 Å². The number of anilines is 1. The first-order chi connectivity index (χ1) is 15.1. The zero-order chi connectivity index (χ0) is 21.6. The Morgan fingerprint density at radius 3 is 2.84 bits per heavy atom. The van der Waals surface area contributed by atoms with Crippen molar-refractivity contribution >= 4 is 17.8 Å². The summed E-state index contributed by atoms with van der Waals surface area (Å²) in [6.45, 7) is 5.53. The number of aryl methyl sites for hydroxylation is 1. The SMILES string of the molecule is Cc1ccc(Oc2cccc(C=C3CCN(C(=O)Nc4cccnc4)CC3C)c2)nc1. The molecule has 1 aliphatic heterocycles. The lowest BCUT2D eigenvalue weighted by Crippen LogP contribution is -2.42. The molecule has 0 aliphatic carbocycles. The van der Waals surface area contributed by atoms with E-state index in [2.05, 4.69) is 34.4 Å². The topological polar surface area (TPSA) is 67.3 Å². The molecule has 3 heterocycles. The Kier molecular flexibility index (Phi) is 6.26. The normalized spacial score (nSPS) is 17.4. The van der Waals surface area contributed by atoms with Crippen LogP contribution in [0.15, 0.2) is 72.7 Å². The summed E-state index contributed by atoms with van der Waals surface area (Å²) in [5, 5.41) is 2.91. The molecule has 0 spiro atoms. The maximum Gasteiger partial charge on any atom is 0.321 e. The van der Waals surface area contributed by atoms with Gasteiger partial charge in [0.1, 0.15) is 5.75 Å². The van der Waals surface area contributed by atoms with Crippen LogP contribution in [-0.2, 0) is 0 Å². The first-order valence-corrected chi connectivity index (χ1v) is 10.4. The summed E-state index contributed by atoms with van der Waals surface area (Å²) in [6.07, 6.45) is 8.18. The molecule has 0 saturated carbocycles. The number of urea groups is 1. The molecule has 1 N–H and O–H groups in total. The van der Waals surface area contributed by atoms with E-state index in [1.807, 2.05) is 54.3 Å². The molecular weight excluding hydrogens is 388 g/mol. The highest BCUT2D eigenvalue weighted by Gasteiger charge is 2.24. The fourth-order valence-corrected chi connectivity index (χ4v) is 3.60. The molecule has 31 heavy (non-hydrogen) atoms. The molecule has 4 rings (SSSR count). The molecule has 2 amide bonds. The van der Waals surface area contributed by atoms with Gasteiger partial charge in [0, 0.05) is 31.5 Å². The van der Waals surface area contributed by atoms with E-state index in [1.165, 1.54) is 5.57 Å². The lowest BCUT2D eigenvalue weighted by molar-refractivity contribution is 0.198. The van der Waals surface area contributed by atoms with Crippen LogP contribution in [0.25, 0.3) is 6.08 Å². The van der Waals surface area contributed by atoms with Crippen molar-refractivity contribution in [3.8, 4) is 11.6 Å². The Morgan fingerprint density at radius 1 is 1.19 bits per heavy atom. The van der Waals surface area contributed by atoms with Crippen LogP contribution in [0.3, 0.4) is 0 Å². The van der Waals surface area contributed by atoms with Crippen LogP contribution in [0.2, 0.25) is 0 Å². The molecule has 0 radical (unpaired) electrons. The van der Waals surface area contributed by atoms with Gasteiger partial charge in [-0.1, -0.05) is 36.8 Å². The maximum atomic E-state index is 12.6. The van der Waals surface area contributed by atoms with Gasteiger partial charge in [0.2, 0.25) is 5.88 Å². The number of benzene rings is 1. The van der Waals surface area contributed by atoms with Crippen molar-refractivity contribution in [2.24, 2.45) is 5.92 Å². The number of likely N-dealkylation sites (tertiary alicyclic amines) is 1. The van der Waals surface area contributed by atoms with E-state index in [0.717, 1.165) is 23.3 Å². The van der Waals surface area contributed by atoms with Gasteiger partial charge in [-0.15, -0.1) is 0 Å². The molecule has 6 heteroatoms. The monoisotopic (exact) mass is 414 g/mol. The number of hydrogen-bond donors (Lipinski definition) is 1. The molecule has 1 saturated heterocycles. The van der Waals surface area contributed by atoms with E-state index in [0.29, 0.717) is 24.7 Å². The summed E-state index contributed by atoms with van der Waals surface area (Å²) in [6, 6.07) is 15.4. The number of nitrogens with one attached hydrogen (secondary N) is 1. The average molecular weight is 415 g/mol. The third kappa shape index (κ3) is 5.48. The molecule has 1 aromatic carbocycles. The first-order valence-electron chi connectivity index (χ1n) is 10.4. The third-order valence-electron chi connectivity index (χ3n) is 5.31. The minimum atomic E-state index is -0.0834. The highest BCUT2D eigenvalue weighted by atomic mass is 16.5. The van der Waals surface area contributed by atoms with E-state index in [4.69, 9.17) is 4.74 Å². The second kappa shape index (κ2) is 9.43. The highest BCUT2D eigenvalue weighted by Crippen LogP contribution is 2.27. The second-order valence-corrected chi connectivity index (χ2v) is 7.84. The molecule has 1 atom stereocenters. The Morgan fingerprint density at radius 2 is 2.10 bits per heavy atom. The summed E-state index contributed by atoms with van der Waals surface area (Å²) >= 11 is 0. The van der Waals surface area contributed by atoms with E-state index in [1.54, 1.807) is 18.6 Å². The van der Waals surface area contributed by atoms with Gasteiger partial charge < -0.3 is 15.0 Å². The number of aromatic nitrogens is 2. The number of ether oxygens (including phenoxy) is 1. The Hall–Kier alpha value is -3.67. The summed E-state index contributed by atoms with van der Waals surface area (Å²) in [5.74, 6) is 1.61. The molecule has 1 fully saturated rings.